The van der Waals surface area contributed by atoms with Crippen LogP contribution in [0.15, 0.2) is 42.5 Å². The summed E-state index contributed by atoms with van der Waals surface area (Å²) in [5.74, 6) is -0.366. The first-order valence-corrected chi connectivity index (χ1v) is 9.37. The number of carbonyl (C=O) groups is 1. The van der Waals surface area contributed by atoms with Crippen molar-refractivity contribution < 1.29 is 13.9 Å². The van der Waals surface area contributed by atoms with E-state index in [4.69, 9.17) is 16.3 Å². The van der Waals surface area contributed by atoms with Crippen molar-refractivity contribution in [1.29, 1.82) is 0 Å². The first kappa shape index (κ1) is 19.5. The number of carbonyl (C=O) groups excluding carboxylic acids is 1. The van der Waals surface area contributed by atoms with E-state index < -0.39 is 0 Å². The Morgan fingerprint density at radius 3 is 2.63 bits per heavy atom. The van der Waals surface area contributed by atoms with Crippen LogP contribution in [0.25, 0.3) is 0 Å². The Balaban J connectivity index is 1.50. The first-order chi connectivity index (χ1) is 13.1. The fourth-order valence-corrected chi connectivity index (χ4v) is 3.14. The van der Waals surface area contributed by atoms with Crippen molar-refractivity contribution in [2.24, 2.45) is 0 Å². The second-order valence-corrected chi connectivity index (χ2v) is 6.78. The molecular weight excluding hydrogens is 369 g/mol. The Hall–Kier alpha value is -2.31. The highest BCUT2D eigenvalue weighted by molar-refractivity contribution is 6.31. The molecule has 3 rings (SSSR count). The van der Waals surface area contributed by atoms with E-state index in [0.717, 1.165) is 30.0 Å². The Morgan fingerprint density at radius 2 is 1.89 bits per heavy atom. The number of rotatable bonds is 7. The Bertz CT molecular complexity index is 764. The number of hydrogen-bond acceptors (Lipinski definition) is 4. The molecule has 0 atom stereocenters. The van der Waals surface area contributed by atoms with Crippen molar-refractivity contribution >= 4 is 28.9 Å². The molecule has 1 amide bonds. The minimum atomic E-state index is -0.260. The maximum atomic E-state index is 12.9. The molecule has 7 heteroatoms. The van der Waals surface area contributed by atoms with Gasteiger partial charge in [-0.25, -0.2) is 4.39 Å². The summed E-state index contributed by atoms with van der Waals surface area (Å²) in [4.78, 5) is 14.3. The van der Waals surface area contributed by atoms with Crippen LogP contribution in [0.1, 0.15) is 5.56 Å². The number of anilines is 2. The minimum Gasteiger partial charge on any atom is -0.378 e. The smallest absolute Gasteiger partial charge is 0.239 e. The summed E-state index contributed by atoms with van der Waals surface area (Å²) in [6, 6.07) is 11.9. The van der Waals surface area contributed by atoms with Gasteiger partial charge in [0.05, 0.1) is 31.1 Å². The second-order valence-electron chi connectivity index (χ2n) is 6.34. The summed E-state index contributed by atoms with van der Waals surface area (Å²) in [5.41, 5.74) is 2.83. The zero-order chi connectivity index (χ0) is 19.1. The monoisotopic (exact) mass is 391 g/mol. The maximum absolute atomic E-state index is 12.9. The van der Waals surface area contributed by atoms with Crippen LogP contribution in [0.5, 0.6) is 0 Å². The van der Waals surface area contributed by atoms with E-state index in [0.29, 0.717) is 31.2 Å². The van der Waals surface area contributed by atoms with Crippen LogP contribution < -0.4 is 15.5 Å². The number of ether oxygens (including phenoxy) is 1. The van der Waals surface area contributed by atoms with Crippen LogP contribution in [0.4, 0.5) is 15.8 Å². The van der Waals surface area contributed by atoms with Gasteiger partial charge in [0, 0.05) is 24.7 Å². The van der Waals surface area contributed by atoms with E-state index in [1.165, 1.54) is 12.1 Å². The topological polar surface area (TPSA) is 53.6 Å². The molecule has 0 unspecified atom stereocenters. The van der Waals surface area contributed by atoms with Crippen LogP contribution in [-0.2, 0) is 16.0 Å². The molecule has 1 saturated heterocycles. The fraction of sp³-hybridized carbons (Fsp3) is 0.350. The fourth-order valence-electron chi connectivity index (χ4n) is 2.97. The Morgan fingerprint density at radius 1 is 1.15 bits per heavy atom. The molecule has 0 radical (unpaired) electrons. The number of halogens is 2. The van der Waals surface area contributed by atoms with Crippen molar-refractivity contribution in [3.8, 4) is 0 Å². The molecule has 1 heterocycles. The summed E-state index contributed by atoms with van der Waals surface area (Å²) in [6.07, 6.45) is 0.655. The summed E-state index contributed by atoms with van der Waals surface area (Å²) in [7, 11) is 0. The van der Waals surface area contributed by atoms with Gasteiger partial charge < -0.3 is 20.3 Å². The molecule has 0 spiro atoms. The molecule has 1 fully saturated rings. The number of amides is 1. The third-order valence-corrected chi connectivity index (χ3v) is 4.63. The van der Waals surface area contributed by atoms with Crippen LogP contribution in [0.3, 0.4) is 0 Å². The summed E-state index contributed by atoms with van der Waals surface area (Å²) in [6.45, 7) is 3.64. The lowest BCUT2D eigenvalue weighted by atomic mass is 10.1. The molecular formula is C20H23ClFN3O2. The molecule has 2 aromatic rings. The van der Waals surface area contributed by atoms with Crippen molar-refractivity contribution in [3.05, 3.63) is 58.9 Å². The van der Waals surface area contributed by atoms with Gasteiger partial charge in [-0.3, -0.25) is 4.79 Å². The van der Waals surface area contributed by atoms with E-state index >= 15 is 0 Å². The standard InChI is InChI=1S/C20H23ClFN3O2/c21-16-3-6-19(25-9-11-27-12-10-25)18(13-16)24-14-20(26)23-8-7-15-1-4-17(22)5-2-15/h1-6,13,24H,7-12,14H2,(H,23,26). The van der Waals surface area contributed by atoms with E-state index in [9.17, 15) is 9.18 Å². The number of morpholine rings is 1. The van der Waals surface area contributed by atoms with Gasteiger partial charge in [0.1, 0.15) is 5.82 Å². The van der Waals surface area contributed by atoms with Crippen molar-refractivity contribution in [2.75, 3.05) is 49.6 Å². The zero-order valence-electron chi connectivity index (χ0n) is 15.0. The van der Waals surface area contributed by atoms with E-state index in [2.05, 4.69) is 15.5 Å². The average Bonchev–Trinajstić information content (AvgIpc) is 2.69. The molecule has 0 bridgehead atoms. The van der Waals surface area contributed by atoms with E-state index in [1.54, 1.807) is 12.1 Å². The average molecular weight is 392 g/mol. The number of benzene rings is 2. The Kier molecular flexibility index (Phi) is 6.90. The van der Waals surface area contributed by atoms with Gasteiger partial charge in [-0.1, -0.05) is 23.7 Å². The lowest BCUT2D eigenvalue weighted by Gasteiger charge is -2.30. The largest absolute Gasteiger partial charge is 0.378 e. The first-order valence-electron chi connectivity index (χ1n) is 8.99. The summed E-state index contributed by atoms with van der Waals surface area (Å²) < 4.78 is 18.3. The van der Waals surface area contributed by atoms with Crippen LogP contribution >= 0.6 is 11.6 Å². The minimum absolute atomic E-state index is 0.106. The van der Waals surface area contributed by atoms with Crippen molar-refractivity contribution in [1.82, 2.24) is 5.32 Å². The van der Waals surface area contributed by atoms with Crippen molar-refractivity contribution in [3.63, 3.8) is 0 Å². The molecule has 144 valence electrons. The third kappa shape index (κ3) is 5.84. The van der Waals surface area contributed by atoms with Crippen LogP contribution in [-0.4, -0.2) is 45.3 Å². The van der Waals surface area contributed by atoms with Crippen molar-refractivity contribution in [2.45, 2.75) is 6.42 Å². The predicted octanol–water partition coefficient (Wildman–Crippen LogP) is 3.09. The highest BCUT2D eigenvalue weighted by Crippen LogP contribution is 2.29. The number of hydrogen-bond donors (Lipinski definition) is 2. The zero-order valence-corrected chi connectivity index (χ0v) is 15.8. The van der Waals surface area contributed by atoms with Gasteiger partial charge >= 0.3 is 0 Å². The van der Waals surface area contributed by atoms with Gasteiger partial charge in [0.2, 0.25) is 5.91 Å². The second kappa shape index (κ2) is 9.58. The SMILES string of the molecule is O=C(CNc1cc(Cl)ccc1N1CCOCC1)NCCc1ccc(F)cc1. The summed E-state index contributed by atoms with van der Waals surface area (Å²) in [5, 5.41) is 6.66. The van der Waals surface area contributed by atoms with Gasteiger partial charge in [-0.2, -0.15) is 0 Å². The number of nitrogens with one attached hydrogen (secondary N) is 2. The molecule has 0 saturated carbocycles. The normalized spacial score (nSPS) is 14.1. The van der Waals surface area contributed by atoms with Gasteiger partial charge in [0.25, 0.3) is 0 Å². The third-order valence-electron chi connectivity index (χ3n) is 4.40. The predicted molar refractivity (Wildman–Crippen MR) is 106 cm³/mol. The van der Waals surface area contributed by atoms with Gasteiger partial charge in [0.15, 0.2) is 0 Å². The quantitative estimate of drug-likeness (QED) is 0.761. The van der Waals surface area contributed by atoms with Crippen LogP contribution in [0, 0.1) is 5.82 Å². The molecule has 2 aromatic carbocycles. The van der Waals surface area contributed by atoms with E-state index in [-0.39, 0.29) is 18.3 Å². The van der Waals surface area contributed by atoms with E-state index in [1.807, 2.05) is 18.2 Å². The van der Waals surface area contributed by atoms with Gasteiger partial charge in [-0.15, -0.1) is 0 Å². The molecule has 27 heavy (non-hydrogen) atoms. The molecule has 0 aromatic heterocycles. The number of nitrogens with zero attached hydrogens (tertiary/aromatic N) is 1. The van der Waals surface area contributed by atoms with Crippen LogP contribution in [0.2, 0.25) is 5.02 Å². The maximum Gasteiger partial charge on any atom is 0.239 e. The highest BCUT2D eigenvalue weighted by Gasteiger charge is 2.15. The molecule has 2 N–H and O–H groups in total. The Labute approximate surface area is 163 Å². The molecule has 1 aliphatic heterocycles. The molecule has 0 aliphatic carbocycles. The highest BCUT2D eigenvalue weighted by atomic mass is 35.5. The molecule has 5 nitrogen and oxygen atoms in total. The lowest BCUT2D eigenvalue weighted by Crippen LogP contribution is -2.37. The van der Waals surface area contributed by atoms with Gasteiger partial charge in [-0.05, 0) is 42.3 Å². The molecule has 1 aliphatic rings. The lowest BCUT2D eigenvalue weighted by molar-refractivity contribution is -0.119. The summed E-state index contributed by atoms with van der Waals surface area (Å²) >= 11 is 6.12.